The lowest BCUT2D eigenvalue weighted by Gasteiger charge is -2.35. The molecule has 2 aromatic carbocycles. The average molecular weight is 458 g/mol. The molecule has 1 atom stereocenters. The minimum atomic E-state index is -1.06. The smallest absolute Gasteiger partial charge is 0.329 e. The highest BCUT2D eigenvalue weighted by Gasteiger charge is 2.40. The fourth-order valence-corrected chi connectivity index (χ4v) is 4.69. The summed E-state index contributed by atoms with van der Waals surface area (Å²) in [5.74, 6) is -0.541. The first kappa shape index (κ1) is 23.5. The van der Waals surface area contributed by atoms with Crippen molar-refractivity contribution >= 4 is 11.7 Å². The van der Waals surface area contributed by atoms with E-state index in [9.17, 15) is 9.90 Å². The summed E-state index contributed by atoms with van der Waals surface area (Å²) in [6, 6.07) is 10.9. The Morgan fingerprint density at radius 3 is 2.70 bits per heavy atom. The van der Waals surface area contributed by atoms with Crippen LogP contribution in [0.15, 0.2) is 36.4 Å². The van der Waals surface area contributed by atoms with Crippen LogP contribution in [-0.2, 0) is 20.7 Å². The molecule has 0 spiro atoms. The number of aryl methyl sites for hydroxylation is 1. The van der Waals surface area contributed by atoms with Gasteiger partial charge in [0.2, 0.25) is 0 Å². The van der Waals surface area contributed by atoms with E-state index in [1.807, 2.05) is 25.1 Å². The van der Waals surface area contributed by atoms with Gasteiger partial charge >= 0.3 is 5.97 Å². The maximum Gasteiger partial charge on any atom is 0.329 e. The Kier molecular flexibility index (Phi) is 7.50. The van der Waals surface area contributed by atoms with Gasteiger partial charge in [-0.1, -0.05) is 18.2 Å². The number of hydrogen-bond acceptors (Lipinski definition) is 5. The van der Waals surface area contributed by atoms with Crippen molar-refractivity contribution in [3.8, 4) is 16.9 Å². The fraction of sp³-hybridized carbons (Fsp3) is 0.500. The summed E-state index contributed by atoms with van der Waals surface area (Å²) in [6.07, 6.45) is 3.50. The van der Waals surface area contributed by atoms with Crippen molar-refractivity contribution in [2.45, 2.75) is 44.6 Å². The Hall–Kier alpha value is -2.64. The Bertz CT molecular complexity index is 967. The molecule has 2 fully saturated rings. The van der Waals surface area contributed by atoms with E-state index in [4.69, 9.17) is 14.2 Å². The molecule has 0 amide bonds. The molecule has 33 heavy (non-hydrogen) atoms. The minimum Gasteiger partial charge on any atom is -0.491 e. The van der Waals surface area contributed by atoms with Crippen molar-refractivity contribution in [1.29, 1.82) is 0 Å². The SMILES string of the molecule is CCOc1cccc(-c2ccc(NC3(C(=O)O)CCOCC3)cc2CC[C@H]2CCOC2)c1F. The second-order valence-electron chi connectivity index (χ2n) is 8.82. The predicted octanol–water partition coefficient (Wildman–Crippen LogP) is 4.91. The number of anilines is 1. The van der Waals surface area contributed by atoms with E-state index in [1.165, 1.54) is 0 Å². The lowest BCUT2D eigenvalue weighted by molar-refractivity contribution is -0.145. The number of nitrogens with one attached hydrogen (secondary N) is 1. The standard InChI is InChI=1S/C26H32FNO5/c1-2-33-23-5-3-4-22(24(23)27)21-9-8-20(16-19(21)7-6-18-10-13-32-17-18)28-26(25(29)30)11-14-31-15-12-26/h3-5,8-9,16,18,28H,2,6-7,10-15,17H2,1H3,(H,29,30)/t18-/m0/s1. The zero-order valence-corrected chi connectivity index (χ0v) is 19.1. The zero-order valence-electron chi connectivity index (χ0n) is 19.1. The molecule has 0 saturated carbocycles. The molecule has 6 nitrogen and oxygen atoms in total. The maximum atomic E-state index is 15.3. The van der Waals surface area contributed by atoms with Crippen LogP contribution in [0.2, 0.25) is 0 Å². The lowest BCUT2D eigenvalue weighted by Crippen LogP contribution is -2.50. The molecule has 0 bridgehead atoms. The number of rotatable bonds is 9. The van der Waals surface area contributed by atoms with Gasteiger partial charge in [-0.25, -0.2) is 9.18 Å². The predicted molar refractivity (Wildman–Crippen MR) is 124 cm³/mol. The van der Waals surface area contributed by atoms with E-state index in [1.54, 1.807) is 18.2 Å². The molecule has 0 aromatic heterocycles. The first-order valence-electron chi connectivity index (χ1n) is 11.7. The van der Waals surface area contributed by atoms with Gasteiger partial charge in [0.25, 0.3) is 0 Å². The van der Waals surface area contributed by atoms with Crippen LogP contribution >= 0.6 is 0 Å². The van der Waals surface area contributed by atoms with Gasteiger partial charge in [0.15, 0.2) is 11.6 Å². The molecule has 0 unspecified atom stereocenters. The van der Waals surface area contributed by atoms with E-state index in [0.29, 0.717) is 44.1 Å². The Morgan fingerprint density at radius 2 is 2.00 bits per heavy atom. The highest BCUT2D eigenvalue weighted by molar-refractivity contribution is 5.83. The van der Waals surface area contributed by atoms with Crippen molar-refractivity contribution < 1.29 is 28.5 Å². The van der Waals surface area contributed by atoms with E-state index in [2.05, 4.69) is 5.32 Å². The van der Waals surface area contributed by atoms with Crippen molar-refractivity contribution in [3.05, 3.63) is 47.8 Å². The average Bonchev–Trinajstić information content (AvgIpc) is 3.34. The third kappa shape index (κ3) is 5.31. The van der Waals surface area contributed by atoms with Crippen LogP contribution in [0, 0.1) is 11.7 Å². The number of benzene rings is 2. The molecule has 4 rings (SSSR count). The molecule has 178 valence electrons. The molecular formula is C26H32FNO5. The minimum absolute atomic E-state index is 0.236. The van der Waals surface area contributed by atoms with Crippen LogP contribution in [0.5, 0.6) is 5.75 Å². The zero-order chi connectivity index (χ0) is 23.3. The molecule has 2 aliphatic heterocycles. The van der Waals surface area contributed by atoms with Crippen LogP contribution in [0.4, 0.5) is 10.1 Å². The van der Waals surface area contributed by atoms with Crippen molar-refractivity contribution in [3.63, 3.8) is 0 Å². The molecule has 7 heteroatoms. The molecule has 2 saturated heterocycles. The Morgan fingerprint density at radius 1 is 1.18 bits per heavy atom. The summed E-state index contributed by atoms with van der Waals surface area (Å²) in [7, 11) is 0. The van der Waals surface area contributed by atoms with Gasteiger partial charge in [-0.2, -0.15) is 0 Å². The van der Waals surface area contributed by atoms with E-state index in [0.717, 1.165) is 49.3 Å². The molecule has 0 radical (unpaired) electrons. The number of hydrogen-bond donors (Lipinski definition) is 2. The highest BCUT2D eigenvalue weighted by Crippen LogP contribution is 2.35. The monoisotopic (exact) mass is 457 g/mol. The maximum absolute atomic E-state index is 15.3. The van der Waals surface area contributed by atoms with Gasteiger partial charge < -0.3 is 24.6 Å². The first-order valence-corrected chi connectivity index (χ1v) is 11.7. The molecule has 2 aromatic rings. The van der Waals surface area contributed by atoms with Crippen LogP contribution in [0.1, 0.15) is 38.2 Å². The third-order valence-corrected chi connectivity index (χ3v) is 6.64. The Labute approximate surface area is 194 Å². The number of carboxylic acid groups (broad SMARTS) is 1. The van der Waals surface area contributed by atoms with Gasteiger partial charge in [-0.05, 0) is 61.4 Å². The molecule has 2 N–H and O–H groups in total. The summed E-state index contributed by atoms with van der Waals surface area (Å²) in [4.78, 5) is 12.1. The summed E-state index contributed by atoms with van der Waals surface area (Å²) in [5, 5.41) is 13.2. The lowest BCUT2D eigenvalue weighted by atomic mass is 9.88. The normalized spacial score (nSPS) is 19.9. The summed E-state index contributed by atoms with van der Waals surface area (Å²) >= 11 is 0. The van der Waals surface area contributed by atoms with E-state index >= 15 is 4.39 Å². The first-order chi connectivity index (χ1) is 16.0. The van der Waals surface area contributed by atoms with Crippen molar-refractivity contribution in [2.75, 3.05) is 38.4 Å². The van der Waals surface area contributed by atoms with Crippen LogP contribution in [-0.4, -0.2) is 49.6 Å². The van der Waals surface area contributed by atoms with Gasteiger partial charge in [-0.15, -0.1) is 0 Å². The van der Waals surface area contributed by atoms with E-state index < -0.39 is 11.5 Å². The van der Waals surface area contributed by atoms with Crippen molar-refractivity contribution in [1.82, 2.24) is 0 Å². The quantitative estimate of drug-likeness (QED) is 0.557. The topological polar surface area (TPSA) is 77.0 Å². The van der Waals surface area contributed by atoms with Gasteiger partial charge in [-0.3, -0.25) is 0 Å². The number of ether oxygens (including phenoxy) is 3. The molecule has 2 heterocycles. The number of carboxylic acids is 1. The molecule has 0 aliphatic carbocycles. The van der Waals surface area contributed by atoms with Gasteiger partial charge in [0.05, 0.1) is 6.61 Å². The number of carbonyl (C=O) groups is 1. The van der Waals surface area contributed by atoms with E-state index in [-0.39, 0.29) is 11.6 Å². The third-order valence-electron chi connectivity index (χ3n) is 6.64. The molecular weight excluding hydrogens is 425 g/mol. The fourth-order valence-electron chi connectivity index (χ4n) is 4.69. The second kappa shape index (κ2) is 10.5. The molecule has 2 aliphatic rings. The summed E-state index contributed by atoms with van der Waals surface area (Å²) in [5.41, 5.74) is 1.93. The summed E-state index contributed by atoms with van der Waals surface area (Å²) < 4.78 is 31.6. The van der Waals surface area contributed by atoms with Crippen LogP contribution in [0.3, 0.4) is 0 Å². The summed E-state index contributed by atoms with van der Waals surface area (Å²) in [6.45, 7) is 4.56. The highest BCUT2D eigenvalue weighted by atomic mass is 19.1. The van der Waals surface area contributed by atoms with Crippen LogP contribution in [0.25, 0.3) is 11.1 Å². The number of aliphatic carboxylic acids is 1. The van der Waals surface area contributed by atoms with Gasteiger partial charge in [0.1, 0.15) is 5.54 Å². The van der Waals surface area contributed by atoms with Crippen molar-refractivity contribution in [2.24, 2.45) is 5.92 Å². The largest absolute Gasteiger partial charge is 0.491 e. The number of halogens is 1. The second-order valence-corrected chi connectivity index (χ2v) is 8.82. The Balaban J connectivity index is 1.67. The van der Waals surface area contributed by atoms with Gasteiger partial charge in [0, 0.05) is 50.5 Å². The van der Waals surface area contributed by atoms with Crippen LogP contribution < -0.4 is 10.1 Å².